The highest BCUT2D eigenvalue weighted by atomic mass is 16.4. The van der Waals surface area contributed by atoms with Crippen molar-refractivity contribution in [3.63, 3.8) is 0 Å². The van der Waals surface area contributed by atoms with Crippen molar-refractivity contribution in [2.45, 2.75) is 161 Å². The summed E-state index contributed by atoms with van der Waals surface area (Å²) in [5.41, 5.74) is 10.8. The number of aliphatic hydroxyl groups is 1. The Morgan fingerprint density at radius 3 is 2.16 bits per heavy atom. The Bertz CT molecular complexity index is 3930. The largest absolute Gasteiger partial charge is 0.508 e. The van der Waals surface area contributed by atoms with Crippen LogP contribution in [0.25, 0.3) is 33.4 Å². The van der Waals surface area contributed by atoms with Crippen LogP contribution in [-0.2, 0) is 62.5 Å². The number of carboxylic acid groups (broad SMARTS) is 1. The minimum absolute atomic E-state index is 0.0495. The number of anilines is 1. The van der Waals surface area contributed by atoms with Gasteiger partial charge in [0.1, 0.15) is 72.5 Å². The van der Waals surface area contributed by atoms with E-state index in [9.17, 15) is 63.3 Å². The Balaban J connectivity index is 1.05. The molecule has 4 heterocycles. The molecule has 11 N–H and O–H groups in total. The summed E-state index contributed by atoms with van der Waals surface area (Å²) in [6.07, 6.45) is 1.20. The fourth-order valence-electron chi connectivity index (χ4n) is 12.7. The van der Waals surface area contributed by atoms with Crippen molar-refractivity contribution in [1.82, 2.24) is 61.3 Å². The number of phenolic OH excluding ortho intramolecular Hbond substituents is 1. The van der Waals surface area contributed by atoms with Crippen LogP contribution in [-0.4, -0.2) is 194 Å². The predicted molar refractivity (Wildman–Crippen MR) is 368 cm³/mol. The van der Waals surface area contributed by atoms with E-state index in [2.05, 4.69) is 91.5 Å². The third-order valence-electron chi connectivity index (χ3n) is 18.2. The molecule has 3 aliphatic heterocycles. The highest BCUT2D eigenvalue weighted by Gasteiger charge is 2.40. The van der Waals surface area contributed by atoms with Crippen molar-refractivity contribution in [3.05, 3.63) is 113 Å². The zero-order chi connectivity index (χ0) is 71.6. The van der Waals surface area contributed by atoms with E-state index in [0.717, 1.165) is 53.7 Å². The molecule has 8 rings (SSSR count). The second-order valence-electron chi connectivity index (χ2n) is 25.4. The lowest BCUT2D eigenvalue weighted by molar-refractivity contribution is -0.143. The molecule has 0 unspecified atom stereocenters. The number of phenols is 1. The molecule has 4 aliphatic rings. The number of fused-ring (bicyclic) bond motifs is 5. The molecule has 0 spiro atoms. The number of amides is 9. The van der Waals surface area contributed by atoms with E-state index in [1.165, 1.54) is 38.7 Å². The van der Waals surface area contributed by atoms with E-state index >= 15 is 0 Å². The van der Waals surface area contributed by atoms with Gasteiger partial charge in [0.25, 0.3) is 5.91 Å². The number of hydrogen-bond donors (Lipinski definition) is 10. The van der Waals surface area contributed by atoms with Gasteiger partial charge in [0.2, 0.25) is 52.6 Å². The number of nitrogens with zero attached hydrogens (tertiary/aromatic N) is 7. The minimum atomic E-state index is -1.66. The molecule has 3 aromatic carbocycles. The van der Waals surface area contributed by atoms with Gasteiger partial charge in [-0.3, -0.25) is 52.6 Å². The number of aliphatic carboxylic acids is 1. The molecule has 4 aromatic rings. The molecule has 1 saturated heterocycles. The van der Waals surface area contributed by atoms with Gasteiger partial charge in [-0.15, -0.1) is 5.10 Å². The number of hydrogen-bond acceptors (Lipinski definition) is 16. The van der Waals surface area contributed by atoms with Gasteiger partial charge in [-0.1, -0.05) is 49.4 Å². The Morgan fingerprint density at radius 1 is 0.768 bits per heavy atom. The van der Waals surface area contributed by atoms with Crippen molar-refractivity contribution in [2.24, 2.45) is 11.7 Å². The number of carbonyl (C=O) groups is 10. The Hall–Kier alpha value is -10.3. The zero-order valence-corrected chi connectivity index (χ0v) is 57.3. The number of carbonyl (C=O) groups excluding carboxylic acids is 9. The normalized spacial score (nSPS) is 20.2. The van der Waals surface area contributed by atoms with Gasteiger partial charge < -0.3 is 72.1 Å². The van der Waals surface area contributed by atoms with Crippen molar-refractivity contribution in [1.29, 1.82) is 0 Å². The number of primary amides is 1. The number of aryl methyl sites for hydroxylation is 1. The highest BCUT2D eigenvalue weighted by Crippen LogP contribution is 2.42. The molecule has 9 amide bonds. The second-order valence-corrected chi connectivity index (χ2v) is 25.4. The van der Waals surface area contributed by atoms with E-state index in [-0.39, 0.29) is 75.5 Å². The van der Waals surface area contributed by atoms with Gasteiger partial charge in [0.15, 0.2) is 0 Å². The number of aromatic hydroxyl groups is 1. The van der Waals surface area contributed by atoms with E-state index in [4.69, 9.17) is 10.2 Å². The average molecular weight is 1370 g/mol. The van der Waals surface area contributed by atoms with Gasteiger partial charge in [-0.05, 0) is 126 Å². The van der Waals surface area contributed by atoms with Gasteiger partial charge in [0.05, 0.1) is 18.4 Å². The summed E-state index contributed by atoms with van der Waals surface area (Å²) in [5, 5.41) is 56.6. The molecule has 2 bridgehead atoms. The fourth-order valence-corrected chi connectivity index (χ4v) is 12.7. The third kappa shape index (κ3) is 19.1. The van der Waals surface area contributed by atoms with Crippen LogP contribution < -0.4 is 52.5 Å². The van der Waals surface area contributed by atoms with E-state index in [0.29, 0.717) is 47.3 Å². The molecule has 1 fully saturated rings. The molecule has 0 saturated carbocycles. The lowest BCUT2D eigenvalue weighted by atomic mass is 9.90. The van der Waals surface area contributed by atoms with Crippen LogP contribution in [0.15, 0.2) is 95.5 Å². The Kier molecular flexibility index (Phi) is 26.2. The van der Waals surface area contributed by atoms with E-state index in [1.807, 2.05) is 36.4 Å². The monoisotopic (exact) mass is 1370 g/mol. The Morgan fingerprint density at radius 2 is 1.47 bits per heavy atom. The zero-order valence-electron chi connectivity index (χ0n) is 57.3. The summed E-state index contributed by atoms with van der Waals surface area (Å²) in [7, 11) is 1.65. The summed E-state index contributed by atoms with van der Waals surface area (Å²) in [6, 6.07) is 15.2. The number of aliphatic hydroxyl groups excluding tert-OH is 1. The van der Waals surface area contributed by atoms with Crippen LogP contribution >= 0.6 is 0 Å². The lowest BCUT2D eigenvalue weighted by Crippen LogP contribution is -2.61. The molecular formula is C71H93N14O14+. The topological polar surface area (TPSA) is 386 Å². The summed E-state index contributed by atoms with van der Waals surface area (Å²) in [4.78, 5) is 145. The average Bonchev–Trinajstić information content (AvgIpc) is 1.37. The highest BCUT2D eigenvalue weighted by molar-refractivity contribution is 6.09. The lowest BCUT2D eigenvalue weighted by Gasteiger charge is -2.30. The Labute approximate surface area is 574 Å². The van der Waals surface area contributed by atoms with Crippen molar-refractivity contribution < 1.29 is 67.7 Å². The summed E-state index contributed by atoms with van der Waals surface area (Å²) in [5.74, 6) is -8.60. The molecule has 530 valence electrons. The summed E-state index contributed by atoms with van der Waals surface area (Å²) in [6.45, 7) is 14.2. The summed E-state index contributed by atoms with van der Waals surface area (Å²) < 4.78 is 10.5. The smallest absolute Gasteiger partial charge is 0.303 e. The molecule has 1 aromatic heterocycles. The first-order valence-electron chi connectivity index (χ1n) is 34.0. The molecule has 99 heavy (non-hydrogen) atoms. The fraction of sp³-hybridized carbons (Fsp3) is 0.479. The number of benzene rings is 4. The molecule has 0 radical (unpaired) electrons. The SMILES string of the molecule is CCN(CC)c1ccc2c(-c3ccccc3C(=O)N(C)CCCC(=O)N[C@H]3Cc4cn(nn4)CCCC[C@@H](C(N)=O)NC(=O)[C@@H]4CCCN4C(=O)[C@H](CO)NC(=O)[C@H](Cc4ccc(O)cc4)NC(=O)[C@H](CCC(=O)O)NC(=O)[C@H](C(C)C)NC3=O)c3ccc(=[N+](CC)CC)cc-3oc2c1. The quantitative estimate of drug-likeness (QED) is 0.0388. The van der Waals surface area contributed by atoms with Crippen molar-refractivity contribution >= 4 is 75.8 Å². The first-order chi connectivity index (χ1) is 47.4. The second kappa shape index (κ2) is 34.8. The minimum Gasteiger partial charge on any atom is -0.508 e. The molecule has 7 atom stereocenters. The molecule has 28 heteroatoms. The number of nitrogens with one attached hydrogen (secondary N) is 6. The van der Waals surface area contributed by atoms with Crippen LogP contribution in [0.3, 0.4) is 0 Å². The van der Waals surface area contributed by atoms with Crippen LogP contribution in [0.5, 0.6) is 5.75 Å². The first kappa shape index (κ1) is 74.5. The first-order valence-corrected chi connectivity index (χ1v) is 34.0. The third-order valence-corrected chi connectivity index (χ3v) is 18.2. The van der Waals surface area contributed by atoms with Gasteiger partial charge in [-0.2, -0.15) is 0 Å². The van der Waals surface area contributed by atoms with Crippen molar-refractivity contribution in [3.8, 4) is 28.2 Å². The van der Waals surface area contributed by atoms with Crippen LogP contribution in [0.4, 0.5) is 5.69 Å². The maximum Gasteiger partial charge on any atom is 0.303 e. The van der Waals surface area contributed by atoms with Crippen LogP contribution in [0, 0.1) is 5.92 Å². The predicted octanol–water partition coefficient (Wildman–Crippen LogP) is 2.58. The summed E-state index contributed by atoms with van der Waals surface area (Å²) >= 11 is 0. The van der Waals surface area contributed by atoms with Gasteiger partial charge in [-0.25, -0.2) is 4.58 Å². The maximum absolute atomic E-state index is 14.8. The molecule has 1 aliphatic carbocycles. The number of carboxylic acids is 1. The standard InChI is InChI=1S/C71H92N14O14/c1-8-82(9-2)45-25-29-50-58(38-45)99-59-39-46(83(10-3)11-4)26-30-51(59)62(50)48-18-12-13-19-49(48)70(97)81(7)33-17-22-60(88)73-55-37-44-40-84(80-79-44)34-15-14-20-52(64(72)91)74-68(95)57-21-16-35-85(57)71(98)56(41-86)77-66(93)54(36-43-23-27-47(87)28-24-43)76-65(92)53(31-32-61(89)90)75-69(96)63(42(5)6)78-67(55)94/h12-13,18-19,23-30,38-40,42,52-57,63,86H,8-11,14-17,20-22,31-37,41H2,1-7H3,(H9-,72,73,74,75,76,77,78,87,88,89,90,91,92,93,94,95,96)/p+1/t52-,53-,54-,55-,56-,57-,63-/m0/s1. The van der Waals surface area contributed by atoms with E-state index < -0.39 is 121 Å². The van der Waals surface area contributed by atoms with Gasteiger partial charge >= 0.3 is 5.97 Å². The molecule has 28 nitrogen and oxygen atoms in total. The van der Waals surface area contributed by atoms with Gasteiger partial charge in [0, 0.05) is 112 Å². The number of aromatic nitrogens is 3. The van der Waals surface area contributed by atoms with Crippen LogP contribution in [0.2, 0.25) is 0 Å². The van der Waals surface area contributed by atoms with E-state index in [1.54, 1.807) is 39.2 Å². The number of rotatable bonds is 20. The maximum atomic E-state index is 14.8. The van der Waals surface area contributed by atoms with Crippen molar-refractivity contribution in [2.75, 3.05) is 57.8 Å². The number of nitrogens with two attached hydrogens (primary N) is 1. The molecular weight excluding hydrogens is 1270 g/mol. The van der Waals surface area contributed by atoms with Crippen LogP contribution in [0.1, 0.15) is 121 Å².